The van der Waals surface area contributed by atoms with E-state index in [9.17, 15) is 9.59 Å². The number of hydrazone groups is 1. The molecule has 0 bridgehead atoms. The van der Waals surface area contributed by atoms with E-state index in [0.29, 0.717) is 23.7 Å². The maximum Gasteiger partial charge on any atom is 0.272 e. The van der Waals surface area contributed by atoms with Gasteiger partial charge in [0.1, 0.15) is 0 Å². The van der Waals surface area contributed by atoms with Gasteiger partial charge in [0.25, 0.3) is 11.8 Å². The van der Waals surface area contributed by atoms with Crippen molar-refractivity contribution in [1.29, 1.82) is 0 Å². The van der Waals surface area contributed by atoms with Crippen LogP contribution in [-0.4, -0.2) is 54.2 Å². The zero-order valence-corrected chi connectivity index (χ0v) is 17.0. The minimum absolute atomic E-state index is 0.0131. The van der Waals surface area contributed by atoms with E-state index < -0.39 is 0 Å². The molecule has 0 saturated carbocycles. The largest absolute Gasteiger partial charge is 0.490 e. The number of nitrogens with zero attached hydrogens (tertiary/aromatic N) is 3. The van der Waals surface area contributed by atoms with Crippen molar-refractivity contribution in [3.05, 3.63) is 53.9 Å². The highest BCUT2D eigenvalue weighted by Gasteiger charge is 2.17. The SMILES string of the molecule is CCOc1cc(C=NNC(=O)c2cccnc2)ccc1OCC(=O)N1CCCCC1. The number of carbonyl (C=O) groups is 2. The number of likely N-dealkylation sites (tertiary alicyclic amines) is 1. The zero-order valence-electron chi connectivity index (χ0n) is 17.0. The predicted octanol–water partition coefficient (Wildman–Crippen LogP) is 2.64. The van der Waals surface area contributed by atoms with Gasteiger partial charge in [-0.3, -0.25) is 14.6 Å². The minimum atomic E-state index is -0.347. The summed E-state index contributed by atoms with van der Waals surface area (Å²) in [6.45, 7) is 3.89. The summed E-state index contributed by atoms with van der Waals surface area (Å²) in [5, 5.41) is 3.97. The van der Waals surface area contributed by atoms with Crippen molar-refractivity contribution in [2.75, 3.05) is 26.3 Å². The Kier molecular flexibility index (Phi) is 7.77. The van der Waals surface area contributed by atoms with Gasteiger partial charge < -0.3 is 14.4 Å². The molecule has 0 atom stereocenters. The number of aromatic nitrogens is 1. The molecule has 1 N–H and O–H groups in total. The number of hydrogen-bond donors (Lipinski definition) is 1. The first kappa shape index (κ1) is 21.3. The highest BCUT2D eigenvalue weighted by Crippen LogP contribution is 2.28. The maximum atomic E-state index is 12.3. The van der Waals surface area contributed by atoms with Gasteiger partial charge in [0.15, 0.2) is 18.1 Å². The number of pyridine rings is 1. The lowest BCUT2D eigenvalue weighted by molar-refractivity contribution is -0.134. The van der Waals surface area contributed by atoms with E-state index in [-0.39, 0.29) is 18.4 Å². The molecule has 0 spiro atoms. The molecular weight excluding hydrogens is 384 g/mol. The van der Waals surface area contributed by atoms with Crippen LogP contribution in [0.15, 0.2) is 47.8 Å². The van der Waals surface area contributed by atoms with E-state index in [0.717, 1.165) is 31.5 Å². The van der Waals surface area contributed by atoms with E-state index in [1.54, 1.807) is 36.5 Å². The molecule has 0 aliphatic carbocycles. The minimum Gasteiger partial charge on any atom is -0.490 e. The van der Waals surface area contributed by atoms with Crippen LogP contribution < -0.4 is 14.9 Å². The summed E-state index contributed by atoms with van der Waals surface area (Å²) >= 11 is 0. The molecule has 8 nitrogen and oxygen atoms in total. The average Bonchev–Trinajstić information content (AvgIpc) is 2.79. The maximum absolute atomic E-state index is 12.3. The van der Waals surface area contributed by atoms with E-state index in [2.05, 4.69) is 15.5 Å². The lowest BCUT2D eigenvalue weighted by Gasteiger charge is -2.26. The molecule has 2 amide bonds. The highest BCUT2D eigenvalue weighted by molar-refractivity contribution is 5.94. The van der Waals surface area contributed by atoms with Crippen LogP contribution in [0, 0.1) is 0 Å². The molecule has 1 fully saturated rings. The fourth-order valence-electron chi connectivity index (χ4n) is 3.09. The monoisotopic (exact) mass is 410 g/mol. The number of amides is 2. The second kappa shape index (κ2) is 10.9. The van der Waals surface area contributed by atoms with Crippen LogP contribution in [0.25, 0.3) is 0 Å². The van der Waals surface area contributed by atoms with Crippen molar-refractivity contribution in [1.82, 2.24) is 15.3 Å². The molecule has 1 aromatic carbocycles. The Morgan fingerprint density at radius 2 is 2.00 bits per heavy atom. The van der Waals surface area contributed by atoms with Crippen LogP contribution in [0.3, 0.4) is 0 Å². The molecule has 0 unspecified atom stereocenters. The van der Waals surface area contributed by atoms with Crippen molar-refractivity contribution in [2.45, 2.75) is 26.2 Å². The quantitative estimate of drug-likeness (QED) is 0.533. The van der Waals surface area contributed by atoms with Gasteiger partial charge in [-0.1, -0.05) is 0 Å². The Morgan fingerprint density at radius 3 is 2.73 bits per heavy atom. The van der Waals surface area contributed by atoms with Crippen LogP contribution in [0.1, 0.15) is 42.1 Å². The van der Waals surface area contributed by atoms with Crippen molar-refractivity contribution in [2.24, 2.45) is 5.10 Å². The molecule has 1 aliphatic heterocycles. The first-order valence-electron chi connectivity index (χ1n) is 10.1. The average molecular weight is 410 g/mol. The number of benzene rings is 1. The summed E-state index contributed by atoms with van der Waals surface area (Å²) < 4.78 is 11.4. The molecule has 0 radical (unpaired) electrons. The van der Waals surface area contributed by atoms with E-state index in [1.807, 2.05) is 11.8 Å². The first-order valence-corrected chi connectivity index (χ1v) is 10.1. The van der Waals surface area contributed by atoms with Crippen molar-refractivity contribution >= 4 is 18.0 Å². The van der Waals surface area contributed by atoms with Crippen LogP contribution >= 0.6 is 0 Å². The Labute approximate surface area is 175 Å². The fourth-order valence-corrected chi connectivity index (χ4v) is 3.09. The van der Waals surface area contributed by atoms with Crippen LogP contribution in [-0.2, 0) is 4.79 Å². The van der Waals surface area contributed by atoms with Crippen molar-refractivity contribution in [3.8, 4) is 11.5 Å². The van der Waals surface area contributed by atoms with Gasteiger partial charge >= 0.3 is 0 Å². The smallest absolute Gasteiger partial charge is 0.272 e. The molecule has 1 saturated heterocycles. The standard InChI is InChI=1S/C22H26N4O4/c1-2-29-20-13-17(14-24-25-22(28)18-7-6-10-23-15-18)8-9-19(20)30-16-21(27)26-11-4-3-5-12-26/h6-10,13-15H,2-5,11-12,16H2,1H3,(H,25,28). The second-order valence-electron chi connectivity index (χ2n) is 6.81. The third-order valence-electron chi connectivity index (χ3n) is 4.63. The lowest BCUT2D eigenvalue weighted by atomic mass is 10.1. The normalized spacial score (nSPS) is 13.8. The Hall–Kier alpha value is -3.42. The molecule has 2 aromatic rings. The van der Waals surface area contributed by atoms with Gasteiger partial charge in [-0.2, -0.15) is 5.10 Å². The Bertz CT molecular complexity index is 880. The third kappa shape index (κ3) is 6.04. The fraction of sp³-hybridized carbons (Fsp3) is 0.364. The summed E-state index contributed by atoms with van der Waals surface area (Å²) in [5.74, 6) is 0.659. The van der Waals surface area contributed by atoms with Gasteiger partial charge in [0.2, 0.25) is 0 Å². The molecule has 30 heavy (non-hydrogen) atoms. The number of rotatable bonds is 8. The van der Waals surface area contributed by atoms with Crippen LogP contribution in [0.2, 0.25) is 0 Å². The topological polar surface area (TPSA) is 93.1 Å². The Balaban J connectivity index is 1.59. The number of hydrogen-bond acceptors (Lipinski definition) is 6. The van der Waals surface area contributed by atoms with E-state index >= 15 is 0 Å². The summed E-state index contributed by atoms with van der Waals surface area (Å²) in [5.41, 5.74) is 3.60. The summed E-state index contributed by atoms with van der Waals surface area (Å²) in [6.07, 6.45) is 7.83. The molecule has 2 heterocycles. The van der Waals surface area contributed by atoms with Gasteiger partial charge in [-0.15, -0.1) is 0 Å². The van der Waals surface area contributed by atoms with Gasteiger partial charge in [0, 0.05) is 25.5 Å². The summed E-state index contributed by atoms with van der Waals surface area (Å²) in [6, 6.07) is 8.61. The van der Waals surface area contributed by atoms with Gasteiger partial charge in [-0.25, -0.2) is 5.43 Å². The number of piperidine rings is 1. The predicted molar refractivity (Wildman–Crippen MR) is 113 cm³/mol. The second-order valence-corrected chi connectivity index (χ2v) is 6.81. The molecule has 3 rings (SSSR count). The summed E-state index contributed by atoms with van der Waals surface area (Å²) in [4.78, 5) is 30.1. The molecule has 8 heteroatoms. The van der Waals surface area contributed by atoms with Gasteiger partial charge in [0.05, 0.1) is 18.4 Å². The van der Waals surface area contributed by atoms with E-state index in [4.69, 9.17) is 9.47 Å². The zero-order chi connectivity index (χ0) is 21.2. The molecule has 158 valence electrons. The van der Waals surface area contributed by atoms with Crippen LogP contribution in [0.5, 0.6) is 11.5 Å². The number of ether oxygens (including phenoxy) is 2. The highest BCUT2D eigenvalue weighted by atomic mass is 16.5. The first-order chi connectivity index (χ1) is 14.7. The van der Waals surface area contributed by atoms with Gasteiger partial charge in [-0.05, 0) is 62.1 Å². The molecular formula is C22H26N4O4. The number of carbonyl (C=O) groups excluding carboxylic acids is 2. The lowest BCUT2D eigenvalue weighted by Crippen LogP contribution is -2.38. The summed E-state index contributed by atoms with van der Waals surface area (Å²) in [7, 11) is 0. The molecule has 1 aromatic heterocycles. The van der Waals surface area contributed by atoms with Crippen molar-refractivity contribution in [3.63, 3.8) is 0 Å². The van der Waals surface area contributed by atoms with E-state index in [1.165, 1.54) is 18.8 Å². The Morgan fingerprint density at radius 1 is 1.17 bits per heavy atom. The van der Waals surface area contributed by atoms with Crippen LogP contribution in [0.4, 0.5) is 0 Å². The molecule has 1 aliphatic rings. The van der Waals surface area contributed by atoms with Crippen molar-refractivity contribution < 1.29 is 19.1 Å². The number of nitrogens with one attached hydrogen (secondary N) is 1. The third-order valence-corrected chi connectivity index (χ3v) is 4.63.